The van der Waals surface area contributed by atoms with E-state index >= 15 is 0 Å². The SMILES string of the molecule is C=C(C)C(NN)C1CCC(C(C)C)CC1. The Morgan fingerprint density at radius 2 is 1.67 bits per heavy atom. The molecule has 0 saturated heterocycles. The van der Waals surface area contributed by atoms with E-state index < -0.39 is 0 Å². The predicted octanol–water partition coefficient (Wildman–Crippen LogP) is 2.86. The average molecular weight is 210 g/mol. The van der Waals surface area contributed by atoms with Gasteiger partial charge in [-0.1, -0.05) is 26.0 Å². The molecule has 2 nitrogen and oxygen atoms in total. The summed E-state index contributed by atoms with van der Waals surface area (Å²) < 4.78 is 0. The molecule has 0 amide bonds. The second-order valence-corrected chi connectivity index (χ2v) is 5.41. The molecule has 0 aliphatic heterocycles. The van der Waals surface area contributed by atoms with E-state index in [1.807, 2.05) is 0 Å². The predicted molar refractivity (Wildman–Crippen MR) is 66.2 cm³/mol. The molecule has 1 fully saturated rings. The Bertz CT molecular complexity index is 203. The summed E-state index contributed by atoms with van der Waals surface area (Å²) in [6, 6.07) is 0.318. The van der Waals surface area contributed by atoms with Crippen LogP contribution in [0.25, 0.3) is 0 Å². The number of nitrogens with two attached hydrogens (primary N) is 1. The van der Waals surface area contributed by atoms with Crippen molar-refractivity contribution in [1.82, 2.24) is 5.43 Å². The highest BCUT2D eigenvalue weighted by molar-refractivity contribution is 5.04. The Balaban J connectivity index is 2.45. The fourth-order valence-electron chi connectivity index (χ4n) is 2.83. The van der Waals surface area contributed by atoms with E-state index in [-0.39, 0.29) is 0 Å². The van der Waals surface area contributed by atoms with Crippen LogP contribution < -0.4 is 11.3 Å². The van der Waals surface area contributed by atoms with Gasteiger partial charge in [0.25, 0.3) is 0 Å². The highest BCUT2D eigenvalue weighted by Gasteiger charge is 2.28. The van der Waals surface area contributed by atoms with Crippen molar-refractivity contribution in [2.24, 2.45) is 23.6 Å². The van der Waals surface area contributed by atoms with Crippen LogP contribution in [0.4, 0.5) is 0 Å². The molecule has 15 heavy (non-hydrogen) atoms. The molecule has 1 saturated carbocycles. The highest BCUT2D eigenvalue weighted by Crippen LogP contribution is 2.35. The molecule has 1 aliphatic rings. The first-order valence-corrected chi connectivity index (χ1v) is 6.17. The first kappa shape index (κ1) is 12.7. The van der Waals surface area contributed by atoms with E-state index in [2.05, 4.69) is 32.8 Å². The molecule has 2 heteroatoms. The van der Waals surface area contributed by atoms with E-state index in [0.717, 1.165) is 11.8 Å². The van der Waals surface area contributed by atoms with Crippen LogP contribution >= 0.6 is 0 Å². The van der Waals surface area contributed by atoms with E-state index in [1.54, 1.807) is 0 Å². The molecule has 1 atom stereocenters. The summed E-state index contributed by atoms with van der Waals surface area (Å²) in [4.78, 5) is 0. The third-order valence-electron chi connectivity index (χ3n) is 3.94. The summed E-state index contributed by atoms with van der Waals surface area (Å²) in [5, 5.41) is 0. The summed E-state index contributed by atoms with van der Waals surface area (Å²) in [7, 11) is 0. The van der Waals surface area contributed by atoms with Gasteiger partial charge in [0.2, 0.25) is 0 Å². The summed E-state index contributed by atoms with van der Waals surface area (Å²) in [6.07, 6.45) is 5.30. The maximum atomic E-state index is 5.59. The minimum absolute atomic E-state index is 0.318. The first-order chi connectivity index (χ1) is 7.06. The maximum absolute atomic E-state index is 5.59. The van der Waals surface area contributed by atoms with Crippen molar-refractivity contribution in [2.45, 2.75) is 52.5 Å². The molecule has 0 radical (unpaired) electrons. The lowest BCUT2D eigenvalue weighted by atomic mass is 9.74. The Hall–Kier alpha value is -0.340. The Kier molecular flexibility index (Phi) is 4.81. The first-order valence-electron chi connectivity index (χ1n) is 6.17. The monoisotopic (exact) mass is 210 g/mol. The number of hydrazine groups is 1. The third-order valence-corrected chi connectivity index (χ3v) is 3.94. The molecule has 3 N–H and O–H groups in total. The molecule has 1 aliphatic carbocycles. The van der Waals surface area contributed by atoms with Crippen molar-refractivity contribution in [3.63, 3.8) is 0 Å². The fraction of sp³-hybridized carbons (Fsp3) is 0.846. The van der Waals surface area contributed by atoms with E-state index in [9.17, 15) is 0 Å². The smallest absolute Gasteiger partial charge is 0.0442 e. The van der Waals surface area contributed by atoms with Crippen LogP contribution in [0.2, 0.25) is 0 Å². The molecule has 1 unspecified atom stereocenters. The topological polar surface area (TPSA) is 38.0 Å². The Morgan fingerprint density at radius 3 is 2.00 bits per heavy atom. The summed E-state index contributed by atoms with van der Waals surface area (Å²) >= 11 is 0. The number of hydrogen-bond donors (Lipinski definition) is 2. The van der Waals surface area contributed by atoms with Crippen LogP contribution in [0.5, 0.6) is 0 Å². The molecular formula is C13H26N2. The van der Waals surface area contributed by atoms with Gasteiger partial charge in [0.1, 0.15) is 0 Å². The normalized spacial score (nSPS) is 29.1. The second-order valence-electron chi connectivity index (χ2n) is 5.41. The van der Waals surface area contributed by atoms with Gasteiger partial charge in [-0.05, 0) is 50.4 Å². The van der Waals surface area contributed by atoms with Crippen LogP contribution in [0, 0.1) is 17.8 Å². The number of nitrogens with one attached hydrogen (secondary N) is 1. The lowest BCUT2D eigenvalue weighted by Crippen LogP contribution is -2.43. The minimum atomic E-state index is 0.318. The van der Waals surface area contributed by atoms with Crippen molar-refractivity contribution in [3.8, 4) is 0 Å². The van der Waals surface area contributed by atoms with Crippen LogP contribution in [-0.2, 0) is 0 Å². The molecule has 0 spiro atoms. The van der Waals surface area contributed by atoms with Crippen molar-refractivity contribution in [3.05, 3.63) is 12.2 Å². The number of hydrogen-bond acceptors (Lipinski definition) is 2. The van der Waals surface area contributed by atoms with Gasteiger partial charge in [0.05, 0.1) is 0 Å². The fourth-order valence-corrected chi connectivity index (χ4v) is 2.83. The zero-order chi connectivity index (χ0) is 11.4. The zero-order valence-electron chi connectivity index (χ0n) is 10.4. The summed E-state index contributed by atoms with van der Waals surface area (Å²) in [5.74, 6) is 8.04. The molecule has 88 valence electrons. The maximum Gasteiger partial charge on any atom is 0.0442 e. The largest absolute Gasteiger partial charge is 0.271 e. The molecule has 0 aromatic carbocycles. The van der Waals surface area contributed by atoms with Crippen LogP contribution in [0.15, 0.2) is 12.2 Å². The van der Waals surface area contributed by atoms with E-state index in [4.69, 9.17) is 5.84 Å². The standard InChI is InChI=1S/C13H26N2/c1-9(2)11-5-7-12(8-6-11)13(15-14)10(3)4/h9,11-13,15H,3,5-8,14H2,1-2,4H3. The van der Waals surface area contributed by atoms with Crippen LogP contribution in [0.3, 0.4) is 0 Å². The average Bonchev–Trinajstić information content (AvgIpc) is 2.19. The van der Waals surface area contributed by atoms with Gasteiger partial charge in [-0.15, -0.1) is 0 Å². The summed E-state index contributed by atoms with van der Waals surface area (Å²) in [5.41, 5.74) is 4.09. The van der Waals surface area contributed by atoms with E-state index in [1.165, 1.54) is 31.3 Å². The van der Waals surface area contributed by atoms with Gasteiger partial charge in [0.15, 0.2) is 0 Å². The lowest BCUT2D eigenvalue weighted by Gasteiger charge is -2.35. The molecule has 1 rings (SSSR count). The van der Waals surface area contributed by atoms with Crippen LogP contribution in [-0.4, -0.2) is 6.04 Å². The zero-order valence-corrected chi connectivity index (χ0v) is 10.4. The van der Waals surface area contributed by atoms with Gasteiger partial charge in [-0.25, -0.2) is 0 Å². The highest BCUT2D eigenvalue weighted by atomic mass is 15.2. The van der Waals surface area contributed by atoms with Gasteiger partial charge in [0, 0.05) is 6.04 Å². The quantitative estimate of drug-likeness (QED) is 0.425. The third kappa shape index (κ3) is 3.32. The second kappa shape index (κ2) is 5.66. The molecule has 0 aromatic heterocycles. The van der Waals surface area contributed by atoms with Gasteiger partial charge in [-0.2, -0.15) is 0 Å². The Morgan fingerprint density at radius 1 is 1.20 bits per heavy atom. The lowest BCUT2D eigenvalue weighted by molar-refractivity contribution is 0.200. The van der Waals surface area contributed by atoms with Crippen molar-refractivity contribution in [1.29, 1.82) is 0 Å². The summed E-state index contributed by atoms with van der Waals surface area (Å²) in [6.45, 7) is 10.8. The molecule has 0 bridgehead atoms. The van der Waals surface area contributed by atoms with Gasteiger partial charge in [-0.3, -0.25) is 11.3 Å². The van der Waals surface area contributed by atoms with E-state index in [0.29, 0.717) is 12.0 Å². The van der Waals surface area contributed by atoms with Crippen molar-refractivity contribution >= 4 is 0 Å². The number of rotatable bonds is 4. The van der Waals surface area contributed by atoms with Gasteiger partial charge >= 0.3 is 0 Å². The molecule has 0 aromatic rings. The van der Waals surface area contributed by atoms with Crippen LogP contribution in [0.1, 0.15) is 46.5 Å². The van der Waals surface area contributed by atoms with Gasteiger partial charge < -0.3 is 0 Å². The van der Waals surface area contributed by atoms with Crippen molar-refractivity contribution < 1.29 is 0 Å². The molecular weight excluding hydrogens is 184 g/mol. The van der Waals surface area contributed by atoms with Crippen molar-refractivity contribution in [2.75, 3.05) is 0 Å². The Labute approximate surface area is 94.3 Å². The minimum Gasteiger partial charge on any atom is -0.271 e. The molecule has 0 heterocycles.